The number of hydrogen-bond donors (Lipinski definition) is 3. The fourth-order valence-corrected chi connectivity index (χ4v) is 4.51. The number of carboxylic acid groups (broad SMARTS) is 1. The number of rotatable bonds is 10. The zero-order valence-corrected chi connectivity index (χ0v) is 21.1. The predicted octanol–water partition coefficient (Wildman–Crippen LogP) is -1.89. The van der Waals surface area contributed by atoms with Crippen molar-refractivity contribution >= 4 is 11.9 Å². The van der Waals surface area contributed by atoms with Crippen molar-refractivity contribution in [1.82, 2.24) is 0 Å². The molecule has 0 heterocycles. The van der Waals surface area contributed by atoms with Gasteiger partial charge in [0.1, 0.15) is 6.10 Å². The summed E-state index contributed by atoms with van der Waals surface area (Å²) in [6.45, 7) is 5.83. The molecule has 0 bridgehead atoms. The van der Waals surface area contributed by atoms with Gasteiger partial charge in [-0.25, -0.2) is 0 Å². The van der Waals surface area contributed by atoms with Crippen molar-refractivity contribution in [2.75, 3.05) is 0 Å². The van der Waals surface area contributed by atoms with Gasteiger partial charge in [0.05, 0.1) is 24.2 Å². The van der Waals surface area contributed by atoms with Gasteiger partial charge in [-0.2, -0.15) is 0 Å². The fraction of sp³-hybridized carbons (Fsp3) is 0.739. The number of carbonyl (C=O) groups is 2. The minimum atomic E-state index is -1.35. The monoisotopic (exact) mass is 446 g/mol. The van der Waals surface area contributed by atoms with Gasteiger partial charge in [0.25, 0.3) is 0 Å². The van der Waals surface area contributed by atoms with E-state index in [1.807, 2.05) is 26.0 Å². The third-order valence-electron chi connectivity index (χ3n) is 6.43. The van der Waals surface area contributed by atoms with Crippen LogP contribution in [0, 0.1) is 23.7 Å². The van der Waals surface area contributed by atoms with Gasteiger partial charge in [0, 0.05) is 24.7 Å². The van der Waals surface area contributed by atoms with Gasteiger partial charge in [-0.05, 0) is 43.1 Å². The molecule has 0 aromatic rings. The van der Waals surface area contributed by atoms with E-state index in [0.29, 0.717) is 25.7 Å². The molecule has 0 saturated carbocycles. The molecule has 8 heteroatoms. The maximum atomic E-state index is 12.4. The third kappa shape index (κ3) is 8.30. The predicted molar refractivity (Wildman–Crippen MR) is 109 cm³/mol. The maximum absolute atomic E-state index is 12.4. The first-order valence-corrected chi connectivity index (χ1v) is 11.0. The third-order valence-corrected chi connectivity index (χ3v) is 6.43. The molecular formula is C23H35NaO7. The molecule has 2 rings (SSSR count). The molecule has 31 heavy (non-hydrogen) atoms. The molecule has 0 spiro atoms. The van der Waals surface area contributed by atoms with Gasteiger partial charge in [-0.1, -0.05) is 39.0 Å². The summed E-state index contributed by atoms with van der Waals surface area (Å²) in [7, 11) is 0. The van der Waals surface area contributed by atoms with Gasteiger partial charge in [0.2, 0.25) is 0 Å². The molecule has 170 valence electrons. The number of fused-ring (bicyclic) bond motifs is 1. The molecule has 0 radical (unpaired) electrons. The van der Waals surface area contributed by atoms with Crippen molar-refractivity contribution in [2.45, 2.75) is 83.7 Å². The molecule has 3 N–H and O–H groups in total. The Morgan fingerprint density at radius 2 is 1.97 bits per heavy atom. The van der Waals surface area contributed by atoms with E-state index in [4.69, 9.17) is 4.74 Å². The Kier molecular flexibility index (Phi) is 12.0. The minimum Gasteiger partial charge on any atom is -0.550 e. The number of carboxylic acids is 1. The molecule has 2 aliphatic rings. The van der Waals surface area contributed by atoms with Crippen LogP contribution < -0.4 is 34.7 Å². The average Bonchev–Trinajstić information content (AvgIpc) is 2.65. The number of aliphatic carboxylic acids is 1. The van der Waals surface area contributed by atoms with Crippen molar-refractivity contribution in [2.24, 2.45) is 23.7 Å². The Balaban J connectivity index is 0.00000480. The number of aliphatic hydroxyl groups is 3. The van der Waals surface area contributed by atoms with Crippen LogP contribution in [0.4, 0.5) is 0 Å². The average molecular weight is 447 g/mol. The van der Waals surface area contributed by atoms with Crippen LogP contribution in [0.25, 0.3) is 0 Å². The van der Waals surface area contributed by atoms with Crippen LogP contribution in [0.5, 0.6) is 0 Å². The Morgan fingerprint density at radius 3 is 2.58 bits per heavy atom. The van der Waals surface area contributed by atoms with E-state index in [-0.39, 0.29) is 65.6 Å². The van der Waals surface area contributed by atoms with Gasteiger partial charge in [-0.3, -0.25) is 4.79 Å². The van der Waals surface area contributed by atoms with Crippen LogP contribution in [0.2, 0.25) is 0 Å². The number of allylic oxidation sites excluding steroid dienone is 2. The topological polar surface area (TPSA) is 127 Å². The standard InChI is InChI=1S/C23H36O7.Na/c1-4-13(2)23(29)30-20-11-17(25)9-15-6-5-14(3)19(22(15)20)8-7-16(24)10-18(26)12-21(27)28;/h5-6,9,13-14,16-20,22,24-26H,4,7-8,10-12H2,1-3H3,(H,27,28);/q;+1/p-1/t13-,14?,16?,17+,18+,19-,20?,22-;/m0./s1. The largest absolute Gasteiger partial charge is 1.00 e. The summed E-state index contributed by atoms with van der Waals surface area (Å²) in [4.78, 5) is 23.0. The van der Waals surface area contributed by atoms with E-state index in [1.165, 1.54) is 0 Å². The van der Waals surface area contributed by atoms with Gasteiger partial charge < -0.3 is 30.0 Å². The first kappa shape index (κ1) is 28.3. The quantitative estimate of drug-likeness (QED) is 0.265. The first-order valence-electron chi connectivity index (χ1n) is 11.0. The van der Waals surface area contributed by atoms with Crippen LogP contribution in [0.3, 0.4) is 0 Å². The number of ether oxygens (including phenoxy) is 1. The molecule has 0 amide bonds. The second-order valence-electron chi connectivity index (χ2n) is 8.86. The second-order valence-corrected chi connectivity index (χ2v) is 8.86. The molecule has 0 aliphatic heterocycles. The summed E-state index contributed by atoms with van der Waals surface area (Å²) in [5.41, 5.74) is 0.949. The van der Waals surface area contributed by atoms with Crippen LogP contribution in [0.15, 0.2) is 23.8 Å². The van der Waals surface area contributed by atoms with E-state index in [2.05, 4.69) is 13.0 Å². The summed E-state index contributed by atoms with van der Waals surface area (Å²) in [5.74, 6) is -1.60. The summed E-state index contributed by atoms with van der Waals surface area (Å²) >= 11 is 0. The van der Waals surface area contributed by atoms with E-state index < -0.39 is 36.8 Å². The zero-order chi connectivity index (χ0) is 22.4. The minimum absolute atomic E-state index is 0. The van der Waals surface area contributed by atoms with E-state index in [9.17, 15) is 30.0 Å². The molecule has 0 saturated heterocycles. The van der Waals surface area contributed by atoms with Crippen molar-refractivity contribution < 1.29 is 64.3 Å². The summed E-state index contributed by atoms with van der Waals surface area (Å²) in [5, 5.41) is 40.8. The molecule has 0 aromatic heterocycles. The van der Waals surface area contributed by atoms with Crippen LogP contribution >= 0.6 is 0 Å². The second kappa shape index (κ2) is 13.1. The molecule has 0 fully saturated rings. The summed E-state index contributed by atoms with van der Waals surface area (Å²) < 4.78 is 5.83. The van der Waals surface area contributed by atoms with Crippen LogP contribution in [-0.2, 0) is 14.3 Å². The normalized spacial score (nSPS) is 30.3. The van der Waals surface area contributed by atoms with Crippen LogP contribution in [0.1, 0.15) is 59.3 Å². The Hall–Kier alpha value is -0.700. The zero-order valence-electron chi connectivity index (χ0n) is 19.1. The number of esters is 1. The van der Waals surface area contributed by atoms with Crippen molar-refractivity contribution in [3.05, 3.63) is 23.8 Å². The molecular weight excluding hydrogens is 411 g/mol. The molecule has 2 aliphatic carbocycles. The Morgan fingerprint density at radius 1 is 1.29 bits per heavy atom. The maximum Gasteiger partial charge on any atom is 1.00 e. The number of hydrogen-bond acceptors (Lipinski definition) is 7. The molecule has 7 nitrogen and oxygen atoms in total. The van der Waals surface area contributed by atoms with E-state index in [1.54, 1.807) is 0 Å². The van der Waals surface area contributed by atoms with E-state index >= 15 is 0 Å². The molecule has 0 aromatic carbocycles. The Bertz CT molecular complexity index is 662. The van der Waals surface area contributed by atoms with Gasteiger partial charge >= 0.3 is 35.5 Å². The smallest absolute Gasteiger partial charge is 0.550 e. The van der Waals surface area contributed by atoms with Crippen molar-refractivity contribution in [3.63, 3.8) is 0 Å². The SMILES string of the molecule is CC[C@H](C)C(=O)OC1C[C@H](O)C=C2C=CC(C)[C@H](CCC(O)C[C@@H](O)CC(=O)[O-])[C@H]21.[Na+]. The summed E-state index contributed by atoms with van der Waals surface area (Å²) in [6, 6.07) is 0. The fourth-order valence-electron chi connectivity index (χ4n) is 4.51. The van der Waals surface area contributed by atoms with Gasteiger partial charge in [-0.15, -0.1) is 0 Å². The van der Waals surface area contributed by atoms with Gasteiger partial charge in [0.15, 0.2) is 0 Å². The number of aliphatic hydroxyl groups excluding tert-OH is 3. The number of carbonyl (C=O) groups excluding carboxylic acids is 2. The van der Waals surface area contributed by atoms with Crippen LogP contribution in [-0.4, -0.2) is 51.7 Å². The molecule has 8 atom stereocenters. The van der Waals surface area contributed by atoms with Crippen molar-refractivity contribution in [3.8, 4) is 0 Å². The summed E-state index contributed by atoms with van der Waals surface area (Å²) in [6.07, 6.45) is 4.31. The molecule has 3 unspecified atom stereocenters. The van der Waals surface area contributed by atoms with E-state index in [0.717, 1.165) is 5.57 Å². The first-order chi connectivity index (χ1) is 14.1. The Labute approximate surface area is 206 Å². The van der Waals surface area contributed by atoms with Crippen molar-refractivity contribution in [1.29, 1.82) is 0 Å².